The highest BCUT2D eigenvalue weighted by atomic mass is 35.5. The van der Waals surface area contributed by atoms with Crippen LogP contribution < -0.4 is 9.64 Å². The molecule has 2 aromatic carbocycles. The van der Waals surface area contributed by atoms with Crippen molar-refractivity contribution in [3.8, 4) is 5.75 Å². The summed E-state index contributed by atoms with van der Waals surface area (Å²) in [6.07, 6.45) is -1.12. The minimum atomic E-state index is -1.39. The van der Waals surface area contributed by atoms with Gasteiger partial charge in [-0.3, -0.25) is 4.79 Å². The van der Waals surface area contributed by atoms with Gasteiger partial charge in [0.15, 0.2) is 0 Å². The third kappa shape index (κ3) is 5.40. The SMILES string of the molecule is C=C(C(=O)O)C(=O)N(CC(C)C)c1ccccc1C(O)c1ccc(Cl)cc1OCC. The van der Waals surface area contributed by atoms with E-state index in [1.165, 1.54) is 4.90 Å². The Bertz CT molecular complexity index is 941. The van der Waals surface area contributed by atoms with Crippen molar-refractivity contribution in [3.05, 3.63) is 70.8 Å². The summed E-state index contributed by atoms with van der Waals surface area (Å²) < 4.78 is 5.63. The van der Waals surface area contributed by atoms with E-state index in [4.69, 9.17) is 16.3 Å². The lowest BCUT2D eigenvalue weighted by Crippen LogP contribution is -2.37. The molecule has 0 bridgehead atoms. The van der Waals surface area contributed by atoms with Crippen molar-refractivity contribution in [2.45, 2.75) is 26.9 Å². The summed E-state index contributed by atoms with van der Waals surface area (Å²) in [5, 5.41) is 20.9. The molecule has 0 aliphatic carbocycles. The molecule has 0 heterocycles. The number of ether oxygens (including phenoxy) is 1. The first-order valence-electron chi connectivity index (χ1n) is 9.60. The molecule has 0 saturated carbocycles. The van der Waals surface area contributed by atoms with Crippen LogP contribution >= 0.6 is 11.6 Å². The molecule has 160 valence electrons. The molecule has 2 rings (SSSR count). The van der Waals surface area contributed by atoms with E-state index in [0.717, 1.165) is 0 Å². The normalized spacial score (nSPS) is 11.8. The first kappa shape index (κ1) is 23.4. The third-order valence-corrected chi connectivity index (χ3v) is 4.64. The number of anilines is 1. The number of nitrogens with zero attached hydrogens (tertiary/aromatic N) is 1. The number of hydrogen-bond acceptors (Lipinski definition) is 4. The fourth-order valence-electron chi connectivity index (χ4n) is 3.06. The summed E-state index contributed by atoms with van der Waals surface area (Å²) in [6.45, 7) is 9.69. The molecular weight excluding hydrogens is 406 g/mol. The van der Waals surface area contributed by atoms with Gasteiger partial charge in [0.2, 0.25) is 0 Å². The van der Waals surface area contributed by atoms with Crippen molar-refractivity contribution < 1.29 is 24.5 Å². The topological polar surface area (TPSA) is 87.1 Å². The lowest BCUT2D eigenvalue weighted by atomic mass is 9.97. The molecule has 7 heteroatoms. The van der Waals surface area contributed by atoms with Crippen molar-refractivity contribution in [2.24, 2.45) is 5.92 Å². The summed E-state index contributed by atoms with van der Waals surface area (Å²) in [6, 6.07) is 11.8. The van der Waals surface area contributed by atoms with Crippen LogP contribution in [0.1, 0.15) is 38.0 Å². The first-order valence-corrected chi connectivity index (χ1v) is 9.98. The number of halogens is 1. The maximum Gasteiger partial charge on any atom is 0.340 e. The Balaban J connectivity index is 2.58. The third-order valence-electron chi connectivity index (χ3n) is 4.40. The number of rotatable bonds is 9. The van der Waals surface area contributed by atoms with E-state index in [1.807, 2.05) is 20.8 Å². The number of carbonyl (C=O) groups excluding carboxylic acids is 1. The number of carbonyl (C=O) groups is 2. The van der Waals surface area contributed by atoms with Gasteiger partial charge in [-0.05, 0) is 31.0 Å². The van der Waals surface area contributed by atoms with E-state index in [9.17, 15) is 19.8 Å². The zero-order valence-electron chi connectivity index (χ0n) is 17.3. The van der Waals surface area contributed by atoms with Crippen LogP contribution in [0.5, 0.6) is 5.75 Å². The second kappa shape index (κ2) is 10.3. The molecule has 1 unspecified atom stereocenters. The van der Waals surface area contributed by atoms with E-state index < -0.39 is 23.6 Å². The fraction of sp³-hybridized carbons (Fsp3) is 0.304. The predicted octanol–water partition coefficient (Wildman–Crippen LogP) is 4.45. The Labute approximate surface area is 181 Å². The summed E-state index contributed by atoms with van der Waals surface area (Å²) in [7, 11) is 0. The molecule has 0 aromatic heterocycles. The summed E-state index contributed by atoms with van der Waals surface area (Å²) in [4.78, 5) is 25.5. The number of aliphatic carboxylic acids is 1. The van der Waals surface area contributed by atoms with Crippen LogP contribution in [-0.4, -0.2) is 35.2 Å². The summed E-state index contributed by atoms with van der Waals surface area (Å²) in [5.41, 5.74) is 0.792. The van der Waals surface area contributed by atoms with Crippen molar-refractivity contribution in [1.29, 1.82) is 0 Å². The lowest BCUT2D eigenvalue weighted by molar-refractivity contribution is -0.134. The van der Waals surface area contributed by atoms with E-state index in [0.29, 0.717) is 34.2 Å². The van der Waals surface area contributed by atoms with Crippen molar-refractivity contribution >= 4 is 29.2 Å². The Kier molecular flexibility index (Phi) is 8.03. The minimum Gasteiger partial charge on any atom is -0.493 e. The highest BCUT2D eigenvalue weighted by molar-refractivity contribution is 6.30. The van der Waals surface area contributed by atoms with Crippen molar-refractivity contribution in [2.75, 3.05) is 18.1 Å². The van der Waals surface area contributed by atoms with Crippen LogP contribution in [0, 0.1) is 5.92 Å². The van der Waals surface area contributed by atoms with Crippen LogP contribution in [-0.2, 0) is 9.59 Å². The highest BCUT2D eigenvalue weighted by Crippen LogP contribution is 2.37. The Morgan fingerprint density at radius 3 is 2.43 bits per heavy atom. The van der Waals surface area contributed by atoms with E-state index in [-0.39, 0.29) is 12.5 Å². The fourth-order valence-corrected chi connectivity index (χ4v) is 3.22. The Morgan fingerprint density at radius 2 is 1.83 bits per heavy atom. The van der Waals surface area contributed by atoms with Gasteiger partial charge in [-0.25, -0.2) is 4.79 Å². The molecule has 0 aliphatic heterocycles. The van der Waals surface area contributed by atoms with Gasteiger partial charge in [0.25, 0.3) is 5.91 Å². The smallest absolute Gasteiger partial charge is 0.340 e. The van der Waals surface area contributed by atoms with Crippen LogP contribution in [0.2, 0.25) is 5.02 Å². The largest absolute Gasteiger partial charge is 0.493 e. The molecule has 0 fully saturated rings. The minimum absolute atomic E-state index is 0.0512. The van der Waals surface area contributed by atoms with Gasteiger partial charge >= 0.3 is 5.97 Å². The molecule has 1 amide bonds. The van der Waals surface area contributed by atoms with Gasteiger partial charge in [0, 0.05) is 22.7 Å². The average molecular weight is 432 g/mol. The average Bonchev–Trinajstić information content (AvgIpc) is 2.70. The van der Waals surface area contributed by atoms with E-state index >= 15 is 0 Å². The number of carboxylic acid groups (broad SMARTS) is 1. The van der Waals surface area contributed by atoms with Gasteiger partial charge < -0.3 is 19.8 Å². The number of aliphatic hydroxyl groups excluding tert-OH is 1. The standard InChI is InChI=1S/C23H26ClNO5/c1-5-30-20-12-16(24)10-11-18(20)21(26)17-8-6-7-9-19(17)25(13-14(2)3)22(27)15(4)23(28)29/h6-12,14,21,26H,4-5,13H2,1-3H3,(H,28,29). The Hall–Kier alpha value is -2.83. The molecule has 30 heavy (non-hydrogen) atoms. The number of hydrogen-bond donors (Lipinski definition) is 2. The summed E-state index contributed by atoms with van der Waals surface area (Å²) in [5.74, 6) is -1.63. The van der Waals surface area contributed by atoms with Gasteiger partial charge in [-0.15, -0.1) is 0 Å². The molecule has 0 aliphatic rings. The van der Waals surface area contributed by atoms with Gasteiger partial charge in [-0.1, -0.05) is 56.3 Å². The van der Waals surface area contributed by atoms with Crippen LogP contribution in [0.3, 0.4) is 0 Å². The van der Waals surface area contributed by atoms with Crippen LogP contribution in [0.25, 0.3) is 0 Å². The highest BCUT2D eigenvalue weighted by Gasteiger charge is 2.28. The maximum absolute atomic E-state index is 12.9. The second-order valence-electron chi connectivity index (χ2n) is 7.17. The van der Waals surface area contributed by atoms with E-state index in [2.05, 4.69) is 6.58 Å². The summed E-state index contributed by atoms with van der Waals surface area (Å²) >= 11 is 6.07. The lowest BCUT2D eigenvalue weighted by Gasteiger charge is -2.29. The molecule has 0 spiro atoms. The molecule has 1 atom stereocenters. The monoisotopic (exact) mass is 431 g/mol. The predicted molar refractivity (Wildman–Crippen MR) is 117 cm³/mol. The van der Waals surface area contributed by atoms with Gasteiger partial charge in [-0.2, -0.15) is 0 Å². The van der Waals surface area contributed by atoms with Crippen LogP contribution in [0.15, 0.2) is 54.6 Å². The number of para-hydroxylation sites is 1. The molecule has 0 radical (unpaired) electrons. The maximum atomic E-state index is 12.9. The molecule has 2 N–H and O–H groups in total. The first-order chi connectivity index (χ1) is 14.2. The van der Waals surface area contributed by atoms with Crippen LogP contribution in [0.4, 0.5) is 5.69 Å². The van der Waals surface area contributed by atoms with E-state index in [1.54, 1.807) is 42.5 Å². The molecule has 0 saturated heterocycles. The zero-order valence-corrected chi connectivity index (χ0v) is 18.0. The zero-order chi connectivity index (χ0) is 22.4. The number of carboxylic acids is 1. The molecule has 6 nitrogen and oxygen atoms in total. The molecular formula is C23H26ClNO5. The van der Waals surface area contributed by atoms with Gasteiger partial charge in [0.1, 0.15) is 17.4 Å². The Morgan fingerprint density at radius 1 is 1.17 bits per heavy atom. The molecule has 2 aromatic rings. The number of benzene rings is 2. The van der Waals surface area contributed by atoms with Crippen molar-refractivity contribution in [1.82, 2.24) is 0 Å². The number of aliphatic hydroxyl groups is 1. The quantitative estimate of drug-likeness (QED) is 0.348. The van der Waals surface area contributed by atoms with Gasteiger partial charge in [0.05, 0.1) is 12.3 Å². The second-order valence-corrected chi connectivity index (χ2v) is 7.61. The number of amides is 1. The van der Waals surface area contributed by atoms with Crippen molar-refractivity contribution in [3.63, 3.8) is 0 Å².